The van der Waals surface area contributed by atoms with Crippen molar-refractivity contribution in [1.29, 1.82) is 0 Å². The zero-order valence-corrected chi connectivity index (χ0v) is 19.0. The minimum atomic E-state index is -0.696. The van der Waals surface area contributed by atoms with Crippen molar-refractivity contribution in [1.82, 2.24) is 10.2 Å². The summed E-state index contributed by atoms with van der Waals surface area (Å²) in [6.07, 6.45) is -0.546. The van der Waals surface area contributed by atoms with Crippen molar-refractivity contribution in [3.8, 4) is 0 Å². The van der Waals surface area contributed by atoms with Gasteiger partial charge in [0.05, 0.1) is 17.3 Å². The largest absolute Gasteiger partial charge is 0.444 e. The molecule has 0 radical (unpaired) electrons. The lowest BCUT2D eigenvalue weighted by molar-refractivity contribution is -0.131. The number of nitrogens with one attached hydrogen (secondary N) is 3. The number of rotatable bonds is 5. The molecule has 4 amide bonds. The lowest BCUT2D eigenvalue weighted by Crippen LogP contribution is -2.42. The molecule has 1 atom stereocenters. The molecule has 0 aliphatic carbocycles. The summed E-state index contributed by atoms with van der Waals surface area (Å²) in [5.74, 6) is -1.28. The van der Waals surface area contributed by atoms with Crippen molar-refractivity contribution in [3.05, 3.63) is 24.3 Å². The van der Waals surface area contributed by atoms with Gasteiger partial charge in [0, 0.05) is 18.5 Å². The summed E-state index contributed by atoms with van der Waals surface area (Å²) >= 11 is 0. The third-order valence-electron chi connectivity index (χ3n) is 4.56. The topological polar surface area (TPSA) is 117 Å². The number of carbonyl (C=O) groups excluding carboxylic acids is 4. The van der Waals surface area contributed by atoms with Crippen LogP contribution in [0, 0.1) is 5.92 Å². The summed E-state index contributed by atoms with van der Waals surface area (Å²) in [5.41, 5.74) is -0.204. The maximum Gasteiger partial charge on any atom is 0.408 e. The number of amides is 4. The first-order valence-electron chi connectivity index (χ1n) is 10.2. The van der Waals surface area contributed by atoms with Gasteiger partial charge in [-0.15, -0.1) is 0 Å². The van der Waals surface area contributed by atoms with Gasteiger partial charge in [0.15, 0.2) is 0 Å². The third-order valence-corrected chi connectivity index (χ3v) is 4.56. The minimum Gasteiger partial charge on any atom is -0.444 e. The second kappa shape index (κ2) is 9.36. The van der Waals surface area contributed by atoms with Crippen LogP contribution in [0.4, 0.5) is 16.2 Å². The molecule has 1 heterocycles. The van der Waals surface area contributed by atoms with Crippen LogP contribution in [0.3, 0.4) is 0 Å². The molecule has 1 fully saturated rings. The Morgan fingerprint density at radius 3 is 2.13 bits per heavy atom. The lowest BCUT2D eigenvalue weighted by Gasteiger charge is -2.32. The van der Waals surface area contributed by atoms with E-state index in [0.29, 0.717) is 17.9 Å². The quantitative estimate of drug-likeness (QED) is 0.661. The van der Waals surface area contributed by atoms with E-state index in [0.717, 1.165) is 0 Å². The molecule has 1 unspecified atom stereocenters. The number of carbonyl (C=O) groups is 4. The van der Waals surface area contributed by atoms with E-state index in [1.807, 2.05) is 20.8 Å². The molecule has 0 spiro atoms. The van der Waals surface area contributed by atoms with Gasteiger partial charge in [0.25, 0.3) is 0 Å². The number of likely N-dealkylation sites (tertiary alicyclic amines) is 1. The average molecular weight is 433 g/mol. The van der Waals surface area contributed by atoms with Crippen molar-refractivity contribution < 1.29 is 23.9 Å². The van der Waals surface area contributed by atoms with E-state index in [9.17, 15) is 19.2 Å². The van der Waals surface area contributed by atoms with Crippen molar-refractivity contribution >= 4 is 35.2 Å². The summed E-state index contributed by atoms with van der Waals surface area (Å²) in [6.45, 7) is 11.0. The van der Waals surface area contributed by atoms with Crippen molar-refractivity contribution in [2.24, 2.45) is 5.92 Å². The van der Waals surface area contributed by atoms with E-state index >= 15 is 0 Å². The van der Waals surface area contributed by atoms with E-state index < -0.39 is 23.5 Å². The first-order valence-corrected chi connectivity index (χ1v) is 10.2. The molecule has 31 heavy (non-hydrogen) atoms. The first kappa shape index (κ1) is 24.2. The Kier molecular flexibility index (Phi) is 7.30. The molecule has 0 bridgehead atoms. The number of hydrogen-bond acceptors (Lipinski definition) is 5. The van der Waals surface area contributed by atoms with Gasteiger partial charge in [-0.2, -0.15) is 0 Å². The SMILES string of the molecule is CC(C)(C)OC(=O)NCC(=O)Nc1ccccc1NC(=O)C1CC(=O)N(C(C)(C)C)C1. The molecule has 1 aromatic rings. The van der Waals surface area contributed by atoms with Crippen molar-refractivity contribution in [2.75, 3.05) is 23.7 Å². The fourth-order valence-corrected chi connectivity index (χ4v) is 3.13. The number of para-hydroxylation sites is 2. The molecule has 0 aromatic heterocycles. The summed E-state index contributed by atoms with van der Waals surface area (Å²) in [6, 6.07) is 6.74. The Balaban J connectivity index is 1.96. The normalized spacial score (nSPS) is 16.6. The van der Waals surface area contributed by atoms with Crippen LogP contribution in [0.2, 0.25) is 0 Å². The Hall–Kier alpha value is -3.10. The van der Waals surface area contributed by atoms with Crippen LogP contribution in [0.25, 0.3) is 0 Å². The highest BCUT2D eigenvalue weighted by molar-refractivity contribution is 6.02. The molecular weight excluding hydrogens is 400 g/mol. The maximum absolute atomic E-state index is 12.7. The summed E-state index contributed by atoms with van der Waals surface area (Å²) < 4.78 is 5.09. The van der Waals surface area contributed by atoms with E-state index in [1.54, 1.807) is 49.9 Å². The lowest BCUT2D eigenvalue weighted by atomic mass is 10.1. The number of benzene rings is 1. The van der Waals surface area contributed by atoms with E-state index in [-0.39, 0.29) is 30.3 Å². The van der Waals surface area contributed by atoms with Gasteiger partial charge in [-0.25, -0.2) is 4.79 Å². The second-order valence-electron chi connectivity index (χ2n) is 9.51. The molecule has 9 heteroatoms. The molecule has 1 aliphatic rings. The van der Waals surface area contributed by atoms with Gasteiger partial charge in [-0.3, -0.25) is 14.4 Å². The highest BCUT2D eigenvalue weighted by Crippen LogP contribution is 2.28. The fraction of sp³-hybridized carbons (Fsp3) is 0.545. The molecule has 0 saturated carbocycles. The standard InChI is InChI=1S/C22H32N4O5/c1-21(2,3)26-13-14(11-18(26)28)19(29)25-16-10-8-7-9-15(16)24-17(27)12-23-20(30)31-22(4,5)6/h7-10,14H,11-13H2,1-6H3,(H,23,30)(H,24,27)(H,25,29). The fourth-order valence-electron chi connectivity index (χ4n) is 3.13. The molecule has 9 nitrogen and oxygen atoms in total. The Labute approximate surface area is 182 Å². The molecule has 1 aliphatic heterocycles. The minimum absolute atomic E-state index is 0.0533. The average Bonchev–Trinajstić information content (AvgIpc) is 3.02. The molecule has 170 valence electrons. The van der Waals surface area contributed by atoms with Gasteiger partial charge >= 0.3 is 6.09 Å². The molecule has 3 N–H and O–H groups in total. The predicted molar refractivity (Wildman–Crippen MR) is 118 cm³/mol. The van der Waals surface area contributed by atoms with Gasteiger partial charge in [0.1, 0.15) is 12.1 Å². The van der Waals surface area contributed by atoms with Crippen LogP contribution in [0.5, 0.6) is 0 Å². The van der Waals surface area contributed by atoms with Crippen LogP contribution in [0.15, 0.2) is 24.3 Å². The maximum atomic E-state index is 12.7. The molecular formula is C22H32N4O5. The highest BCUT2D eigenvalue weighted by atomic mass is 16.6. The number of hydrogen-bond donors (Lipinski definition) is 3. The predicted octanol–water partition coefficient (Wildman–Crippen LogP) is 2.74. The Morgan fingerprint density at radius 2 is 1.61 bits per heavy atom. The van der Waals surface area contributed by atoms with Crippen LogP contribution >= 0.6 is 0 Å². The van der Waals surface area contributed by atoms with Crippen LogP contribution < -0.4 is 16.0 Å². The number of nitrogens with zero attached hydrogens (tertiary/aromatic N) is 1. The molecule has 1 saturated heterocycles. The third kappa shape index (κ3) is 7.27. The Morgan fingerprint density at radius 1 is 1.03 bits per heavy atom. The number of alkyl carbamates (subject to hydrolysis) is 1. The molecule has 1 aromatic carbocycles. The van der Waals surface area contributed by atoms with Crippen LogP contribution in [0.1, 0.15) is 48.0 Å². The smallest absolute Gasteiger partial charge is 0.408 e. The second-order valence-corrected chi connectivity index (χ2v) is 9.51. The van der Waals surface area contributed by atoms with Crippen LogP contribution in [-0.2, 0) is 19.1 Å². The van der Waals surface area contributed by atoms with Crippen molar-refractivity contribution in [3.63, 3.8) is 0 Å². The number of ether oxygens (including phenoxy) is 1. The van der Waals surface area contributed by atoms with E-state index in [2.05, 4.69) is 16.0 Å². The first-order chi connectivity index (χ1) is 14.3. The highest BCUT2D eigenvalue weighted by Gasteiger charge is 2.39. The van der Waals surface area contributed by atoms with Gasteiger partial charge in [0.2, 0.25) is 17.7 Å². The Bertz CT molecular complexity index is 854. The van der Waals surface area contributed by atoms with Gasteiger partial charge in [-0.05, 0) is 53.7 Å². The zero-order valence-electron chi connectivity index (χ0n) is 19.0. The van der Waals surface area contributed by atoms with Crippen LogP contribution in [-0.4, -0.2) is 52.9 Å². The monoisotopic (exact) mass is 432 g/mol. The number of anilines is 2. The molecule has 2 rings (SSSR count). The van der Waals surface area contributed by atoms with E-state index in [4.69, 9.17) is 4.74 Å². The van der Waals surface area contributed by atoms with Gasteiger partial charge < -0.3 is 25.6 Å². The zero-order chi connectivity index (χ0) is 23.4. The van der Waals surface area contributed by atoms with Crippen molar-refractivity contribution in [2.45, 2.75) is 59.1 Å². The summed E-state index contributed by atoms with van der Waals surface area (Å²) in [7, 11) is 0. The van der Waals surface area contributed by atoms with Gasteiger partial charge in [-0.1, -0.05) is 12.1 Å². The van der Waals surface area contributed by atoms with E-state index in [1.165, 1.54) is 0 Å². The summed E-state index contributed by atoms with van der Waals surface area (Å²) in [4.78, 5) is 50.6. The summed E-state index contributed by atoms with van der Waals surface area (Å²) in [5, 5.41) is 7.85.